The van der Waals surface area contributed by atoms with E-state index in [0.717, 1.165) is 26.1 Å². The highest BCUT2D eigenvalue weighted by molar-refractivity contribution is 5.95. The molecule has 2 rings (SSSR count). The minimum atomic E-state index is -0.111. The smallest absolute Gasteiger partial charge is 0.321 e. The van der Waals surface area contributed by atoms with Crippen LogP contribution in [0, 0.1) is 5.92 Å². The minimum Gasteiger partial charge on any atom is -0.327 e. The molecule has 1 aliphatic rings. The van der Waals surface area contributed by atoms with Gasteiger partial charge in [-0.3, -0.25) is 4.79 Å². The van der Waals surface area contributed by atoms with Gasteiger partial charge in [0.1, 0.15) is 0 Å². The van der Waals surface area contributed by atoms with Gasteiger partial charge in [-0.05, 0) is 57.1 Å². The second-order valence-corrected chi connectivity index (χ2v) is 5.86. The highest BCUT2D eigenvalue weighted by Gasteiger charge is 2.22. The van der Waals surface area contributed by atoms with E-state index in [9.17, 15) is 9.59 Å². The molecule has 5 nitrogen and oxygen atoms in total. The normalized spacial score (nSPS) is 18.5. The Bertz CT molecular complexity index is 513. The second-order valence-electron chi connectivity index (χ2n) is 5.86. The predicted octanol–water partition coefficient (Wildman–Crippen LogP) is 2.30. The van der Waals surface area contributed by atoms with E-state index in [4.69, 9.17) is 0 Å². The summed E-state index contributed by atoms with van der Waals surface area (Å²) in [6.45, 7) is 4.44. The summed E-state index contributed by atoms with van der Waals surface area (Å²) in [5.41, 5.74) is 1.36. The standard InChI is InChI=1S/C16H23N3O2/c1-12(20)14-4-6-15(7-5-14)17-16(21)19(3)11-13-8-9-18(2)10-13/h4-7,13H,8-11H2,1-3H3,(H,17,21). The van der Waals surface area contributed by atoms with Gasteiger partial charge >= 0.3 is 6.03 Å². The Morgan fingerprint density at radius 3 is 2.52 bits per heavy atom. The third kappa shape index (κ3) is 4.29. The van der Waals surface area contributed by atoms with Crippen molar-refractivity contribution in [3.05, 3.63) is 29.8 Å². The zero-order chi connectivity index (χ0) is 15.4. The molecule has 1 fully saturated rings. The van der Waals surface area contributed by atoms with E-state index in [2.05, 4.69) is 17.3 Å². The Morgan fingerprint density at radius 2 is 2.00 bits per heavy atom. The summed E-state index contributed by atoms with van der Waals surface area (Å²) in [7, 11) is 3.92. The molecule has 21 heavy (non-hydrogen) atoms. The monoisotopic (exact) mass is 289 g/mol. The van der Waals surface area contributed by atoms with E-state index in [0.29, 0.717) is 17.2 Å². The number of benzene rings is 1. The molecule has 0 saturated carbocycles. The molecule has 1 aliphatic heterocycles. The molecule has 1 unspecified atom stereocenters. The topological polar surface area (TPSA) is 52.7 Å². The number of urea groups is 1. The van der Waals surface area contributed by atoms with Crippen LogP contribution in [0.25, 0.3) is 0 Å². The number of rotatable bonds is 4. The lowest BCUT2D eigenvalue weighted by atomic mass is 10.1. The number of carbonyl (C=O) groups excluding carboxylic acids is 2. The number of hydrogen-bond donors (Lipinski definition) is 1. The summed E-state index contributed by atoms with van der Waals surface area (Å²) in [4.78, 5) is 27.4. The van der Waals surface area contributed by atoms with Crippen LogP contribution in [0.1, 0.15) is 23.7 Å². The lowest BCUT2D eigenvalue weighted by molar-refractivity contribution is 0.101. The van der Waals surface area contributed by atoms with Gasteiger partial charge in [-0.2, -0.15) is 0 Å². The summed E-state index contributed by atoms with van der Waals surface area (Å²) in [6, 6.07) is 6.85. The van der Waals surface area contributed by atoms with Crippen molar-refractivity contribution in [2.24, 2.45) is 5.92 Å². The molecule has 1 atom stereocenters. The van der Waals surface area contributed by atoms with E-state index in [-0.39, 0.29) is 11.8 Å². The van der Waals surface area contributed by atoms with E-state index in [1.165, 1.54) is 6.92 Å². The van der Waals surface area contributed by atoms with Crippen LogP contribution in [0.15, 0.2) is 24.3 Å². The Balaban J connectivity index is 1.86. The van der Waals surface area contributed by atoms with Crippen molar-refractivity contribution in [3.8, 4) is 0 Å². The maximum absolute atomic E-state index is 12.1. The second kappa shape index (κ2) is 6.72. The number of ketones is 1. The lowest BCUT2D eigenvalue weighted by Crippen LogP contribution is -2.35. The molecule has 5 heteroatoms. The lowest BCUT2D eigenvalue weighted by Gasteiger charge is -2.21. The summed E-state index contributed by atoms with van der Waals surface area (Å²) in [5, 5.41) is 2.86. The number of hydrogen-bond acceptors (Lipinski definition) is 3. The van der Waals surface area contributed by atoms with Gasteiger partial charge in [0.05, 0.1) is 0 Å². The summed E-state index contributed by atoms with van der Waals surface area (Å²) < 4.78 is 0. The van der Waals surface area contributed by atoms with Crippen LogP contribution < -0.4 is 5.32 Å². The first-order valence-corrected chi connectivity index (χ1v) is 7.27. The Morgan fingerprint density at radius 1 is 1.33 bits per heavy atom. The maximum atomic E-state index is 12.1. The predicted molar refractivity (Wildman–Crippen MR) is 83.7 cm³/mol. The fraction of sp³-hybridized carbons (Fsp3) is 0.500. The first-order chi connectivity index (χ1) is 9.95. The Hall–Kier alpha value is -1.88. The Kier molecular flexibility index (Phi) is 4.96. The van der Waals surface area contributed by atoms with Crippen LogP contribution in [0.5, 0.6) is 0 Å². The molecule has 0 spiro atoms. The molecule has 0 aromatic heterocycles. The Labute approximate surface area is 125 Å². The molecule has 114 valence electrons. The van der Waals surface area contributed by atoms with Crippen LogP contribution in [0.3, 0.4) is 0 Å². The molecule has 1 aromatic carbocycles. The number of carbonyl (C=O) groups is 2. The minimum absolute atomic E-state index is 0.0235. The van der Waals surface area contributed by atoms with Crippen LogP contribution in [0.4, 0.5) is 10.5 Å². The van der Waals surface area contributed by atoms with Gasteiger partial charge in [0.15, 0.2) is 5.78 Å². The van der Waals surface area contributed by atoms with Gasteiger partial charge in [-0.1, -0.05) is 0 Å². The van der Waals surface area contributed by atoms with Gasteiger partial charge in [-0.15, -0.1) is 0 Å². The van der Waals surface area contributed by atoms with Crippen molar-refractivity contribution in [2.75, 3.05) is 39.0 Å². The molecule has 0 bridgehead atoms. The van der Waals surface area contributed by atoms with Gasteiger partial charge in [0.25, 0.3) is 0 Å². The molecular weight excluding hydrogens is 266 g/mol. The zero-order valence-electron chi connectivity index (χ0n) is 12.9. The van der Waals surface area contributed by atoms with E-state index in [1.807, 2.05) is 7.05 Å². The number of amides is 2. The first kappa shape index (κ1) is 15.5. The van der Waals surface area contributed by atoms with Crippen molar-refractivity contribution in [3.63, 3.8) is 0 Å². The van der Waals surface area contributed by atoms with Crippen molar-refractivity contribution >= 4 is 17.5 Å². The first-order valence-electron chi connectivity index (χ1n) is 7.27. The van der Waals surface area contributed by atoms with Crippen molar-refractivity contribution in [1.29, 1.82) is 0 Å². The molecule has 1 N–H and O–H groups in total. The highest BCUT2D eigenvalue weighted by atomic mass is 16.2. The largest absolute Gasteiger partial charge is 0.327 e. The fourth-order valence-corrected chi connectivity index (χ4v) is 2.65. The van der Waals surface area contributed by atoms with Crippen molar-refractivity contribution in [2.45, 2.75) is 13.3 Å². The quantitative estimate of drug-likeness (QED) is 0.865. The maximum Gasteiger partial charge on any atom is 0.321 e. The van der Waals surface area contributed by atoms with Gasteiger partial charge in [-0.25, -0.2) is 4.79 Å². The van der Waals surface area contributed by atoms with Crippen LogP contribution >= 0.6 is 0 Å². The fourth-order valence-electron chi connectivity index (χ4n) is 2.65. The SMILES string of the molecule is CC(=O)c1ccc(NC(=O)N(C)CC2CCN(C)C2)cc1. The molecular formula is C16H23N3O2. The van der Waals surface area contributed by atoms with E-state index in [1.54, 1.807) is 29.2 Å². The summed E-state index contributed by atoms with van der Waals surface area (Å²) in [6.07, 6.45) is 1.14. The average Bonchev–Trinajstić information content (AvgIpc) is 2.84. The molecule has 0 aliphatic carbocycles. The number of nitrogens with zero attached hydrogens (tertiary/aromatic N) is 2. The third-order valence-electron chi connectivity index (χ3n) is 3.91. The number of nitrogens with one attached hydrogen (secondary N) is 1. The molecule has 1 saturated heterocycles. The number of anilines is 1. The number of Topliss-reactive ketones (excluding diaryl/α,β-unsaturated/α-hetero) is 1. The molecule has 2 amide bonds. The van der Waals surface area contributed by atoms with Crippen LogP contribution in [-0.2, 0) is 0 Å². The van der Waals surface area contributed by atoms with Gasteiger partial charge in [0, 0.05) is 31.4 Å². The summed E-state index contributed by atoms with van der Waals surface area (Å²) >= 11 is 0. The molecule has 1 aromatic rings. The van der Waals surface area contributed by atoms with E-state index < -0.39 is 0 Å². The zero-order valence-corrected chi connectivity index (χ0v) is 12.9. The van der Waals surface area contributed by atoms with Gasteiger partial charge < -0.3 is 15.1 Å². The van der Waals surface area contributed by atoms with Crippen LogP contribution in [-0.4, -0.2) is 55.3 Å². The number of likely N-dealkylation sites (tertiary alicyclic amines) is 1. The van der Waals surface area contributed by atoms with Crippen molar-refractivity contribution < 1.29 is 9.59 Å². The van der Waals surface area contributed by atoms with E-state index >= 15 is 0 Å². The highest BCUT2D eigenvalue weighted by Crippen LogP contribution is 2.16. The van der Waals surface area contributed by atoms with Crippen LogP contribution in [0.2, 0.25) is 0 Å². The molecule has 0 radical (unpaired) electrons. The third-order valence-corrected chi connectivity index (χ3v) is 3.91. The van der Waals surface area contributed by atoms with Gasteiger partial charge in [0.2, 0.25) is 0 Å². The summed E-state index contributed by atoms with van der Waals surface area (Å²) in [5.74, 6) is 0.571. The van der Waals surface area contributed by atoms with Crippen molar-refractivity contribution in [1.82, 2.24) is 9.80 Å². The molecule has 1 heterocycles. The average molecular weight is 289 g/mol.